The zero-order valence-corrected chi connectivity index (χ0v) is 18.7. The largest absolute Gasteiger partial charge is 0.505 e. The molecule has 150 valence electrons. The van der Waals surface area contributed by atoms with E-state index < -0.39 is 0 Å². The molecule has 28 heavy (non-hydrogen) atoms. The molecular formula is C24H33N3O. The molecule has 0 amide bonds. The van der Waals surface area contributed by atoms with E-state index in [0.29, 0.717) is 5.69 Å². The first-order valence-electron chi connectivity index (χ1n) is 9.94. The number of rotatable bonds is 1. The highest BCUT2D eigenvalue weighted by Crippen LogP contribution is 2.39. The zero-order chi connectivity index (χ0) is 21.1. The van der Waals surface area contributed by atoms with Crippen molar-refractivity contribution in [2.24, 2.45) is 0 Å². The van der Waals surface area contributed by atoms with Gasteiger partial charge < -0.3 is 5.11 Å². The van der Waals surface area contributed by atoms with E-state index in [1.165, 1.54) is 5.56 Å². The number of benzene rings is 2. The fraction of sp³-hybridized carbons (Fsp3) is 0.500. The maximum absolute atomic E-state index is 11.1. The van der Waals surface area contributed by atoms with E-state index in [9.17, 15) is 5.11 Å². The van der Waals surface area contributed by atoms with Gasteiger partial charge in [0.15, 0.2) is 0 Å². The van der Waals surface area contributed by atoms with Gasteiger partial charge in [-0.3, -0.25) is 0 Å². The monoisotopic (exact) mass is 379 g/mol. The molecule has 1 N–H and O–H groups in total. The van der Waals surface area contributed by atoms with Crippen LogP contribution in [0.3, 0.4) is 0 Å². The lowest BCUT2D eigenvalue weighted by molar-refractivity contribution is 0.438. The second kappa shape index (κ2) is 6.33. The number of phenolic OH excluding ortho intramolecular Hbond substituents is 1. The van der Waals surface area contributed by atoms with Crippen molar-refractivity contribution >= 4 is 11.0 Å². The molecule has 3 rings (SSSR count). The minimum Gasteiger partial charge on any atom is -0.505 e. The number of aromatic nitrogens is 3. The van der Waals surface area contributed by atoms with Crippen LogP contribution in [0.25, 0.3) is 16.7 Å². The van der Waals surface area contributed by atoms with Gasteiger partial charge in [-0.2, -0.15) is 0 Å². The molecular weight excluding hydrogens is 346 g/mol. The molecule has 2 aromatic carbocycles. The smallest absolute Gasteiger partial charge is 0.146 e. The summed E-state index contributed by atoms with van der Waals surface area (Å²) in [5.41, 5.74) is 5.39. The summed E-state index contributed by atoms with van der Waals surface area (Å²) in [6, 6.07) is 10.3. The third kappa shape index (κ3) is 3.78. The molecule has 0 unspecified atom stereocenters. The van der Waals surface area contributed by atoms with Gasteiger partial charge in [-0.1, -0.05) is 74.4 Å². The predicted molar refractivity (Wildman–Crippen MR) is 117 cm³/mol. The van der Waals surface area contributed by atoms with E-state index >= 15 is 0 Å². The van der Waals surface area contributed by atoms with Crippen LogP contribution in [0.1, 0.15) is 79.0 Å². The van der Waals surface area contributed by atoms with E-state index in [4.69, 9.17) is 5.10 Å². The summed E-state index contributed by atoms with van der Waals surface area (Å²) in [6.07, 6.45) is 0. The molecule has 0 radical (unpaired) electrons. The first-order chi connectivity index (χ1) is 12.7. The van der Waals surface area contributed by atoms with Gasteiger partial charge in [-0.15, -0.1) is 15.0 Å². The molecule has 0 bridgehead atoms. The second-order valence-corrected chi connectivity index (χ2v) is 10.8. The number of fused-ring (bicyclic) bond motifs is 1. The van der Waals surface area contributed by atoms with Crippen LogP contribution in [-0.4, -0.2) is 20.1 Å². The molecule has 0 aliphatic rings. The molecule has 0 spiro atoms. The van der Waals surface area contributed by atoms with Gasteiger partial charge >= 0.3 is 0 Å². The van der Waals surface area contributed by atoms with Crippen molar-refractivity contribution in [3.8, 4) is 11.4 Å². The van der Waals surface area contributed by atoms with Crippen LogP contribution in [-0.2, 0) is 16.2 Å². The molecule has 4 nitrogen and oxygen atoms in total. The summed E-state index contributed by atoms with van der Waals surface area (Å²) >= 11 is 0. The van der Waals surface area contributed by atoms with E-state index in [2.05, 4.69) is 85.6 Å². The summed E-state index contributed by atoms with van der Waals surface area (Å²) in [7, 11) is 0. The molecule has 0 saturated carbocycles. The van der Waals surface area contributed by atoms with Crippen molar-refractivity contribution in [1.29, 1.82) is 0 Å². The molecule has 1 aromatic heterocycles. The van der Waals surface area contributed by atoms with Crippen LogP contribution in [0.2, 0.25) is 0 Å². The van der Waals surface area contributed by atoms with E-state index in [0.717, 1.165) is 22.2 Å². The summed E-state index contributed by atoms with van der Waals surface area (Å²) in [5.74, 6) is 0.247. The highest BCUT2D eigenvalue weighted by atomic mass is 16.3. The van der Waals surface area contributed by atoms with Gasteiger partial charge in [0.1, 0.15) is 22.5 Å². The van der Waals surface area contributed by atoms with E-state index in [-0.39, 0.29) is 22.0 Å². The van der Waals surface area contributed by atoms with Crippen molar-refractivity contribution in [2.45, 2.75) is 78.6 Å². The van der Waals surface area contributed by atoms with Crippen molar-refractivity contribution in [3.63, 3.8) is 0 Å². The average molecular weight is 380 g/mol. The van der Waals surface area contributed by atoms with Gasteiger partial charge in [-0.25, -0.2) is 0 Å². The Labute approximate surface area is 168 Å². The fourth-order valence-electron chi connectivity index (χ4n) is 3.27. The molecule has 0 saturated heterocycles. The summed E-state index contributed by atoms with van der Waals surface area (Å²) in [5, 5.41) is 20.4. The van der Waals surface area contributed by atoms with Gasteiger partial charge in [0.05, 0.1) is 0 Å². The summed E-state index contributed by atoms with van der Waals surface area (Å²) in [4.78, 5) is 1.58. The van der Waals surface area contributed by atoms with Crippen LogP contribution >= 0.6 is 0 Å². The fourth-order valence-corrected chi connectivity index (χ4v) is 3.27. The van der Waals surface area contributed by atoms with Crippen LogP contribution in [0.15, 0.2) is 30.3 Å². The van der Waals surface area contributed by atoms with Crippen LogP contribution < -0.4 is 0 Å². The minimum atomic E-state index is -0.188. The lowest BCUT2D eigenvalue weighted by Gasteiger charge is -2.27. The molecule has 3 aromatic rings. The van der Waals surface area contributed by atoms with Crippen molar-refractivity contribution < 1.29 is 5.11 Å². The summed E-state index contributed by atoms with van der Waals surface area (Å²) in [6.45, 7) is 19.4. The Morgan fingerprint density at radius 2 is 1.25 bits per heavy atom. The number of aromatic hydroxyl groups is 1. The third-order valence-corrected chi connectivity index (χ3v) is 5.23. The molecule has 0 aliphatic heterocycles. The van der Waals surface area contributed by atoms with Crippen LogP contribution in [0.5, 0.6) is 5.75 Å². The van der Waals surface area contributed by atoms with Gasteiger partial charge in [0.25, 0.3) is 0 Å². The highest BCUT2D eigenvalue weighted by Gasteiger charge is 2.26. The highest BCUT2D eigenvalue weighted by molar-refractivity contribution is 5.75. The van der Waals surface area contributed by atoms with E-state index in [1.807, 2.05) is 12.1 Å². The first-order valence-corrected chi connectivity index (χ1v) is 9.94. The lowest BCUT2D eigenvalue weighted by atomic mass is 9.80. The van der Waals surface area contributed by atoms with Crippen LogP contribution in [0, 0.1) is 0 Å². The molecule has 0 aliphatic carbocycles. The number of phenols is 1. The Balaban J connectivity index is 2.25. The number of hydrogen-bond acceptors (Lipinski definition) is 3. The molecule has 0 atom stereocenters. The Morgan fingerprint density at radius 1 is 0.679 bits per heavy atom. The normalized spacial score (nSPS) is 13.3. The number of nitrogens with zero attached hydrogens (tertiary/aromatic N) is 3. The Hall–Kier alpha value is -2.36. The first kappa shape index (κ1) is 20.4. The van der Waals surface area contributed by atoms with Gasteiger partial charge in [0.2, 0.25) is 0 Å². The SMILES string of the molecule is CC(C)(C)c1cc(-n2nc3ccc(C(C)(C)C)cc3n2)c(O)c(C(C)(C)C)c1. The molecule has 0 fully saturated rings. The van der Waals surface area contributed by atoms with E-state index in [1.54, 1.807) is 4.80 Å². The minimum absolute atomic E-state index is 0.0472. The maximum Gasteiger partial charge on any atom is 0.146 e. The van der Waals surface area contributed by atoms with Crippen molar-refractivity contribution in [1.82, 2.24) is 15.0 Å². The number of hydrogen-bond donors (Lipinski definition) is 1. The Bertz CT molecular complexity index is 1020. The second-order valence-electron chi connectivity index (χ2n) is 10.8. The quantitative estimate of drug-likeness (QED) is 0.562. The Morgan fingerprint density at radius 3 is 1.79 bits per heavy atom. The van der Waals surface area contributed by atoms with Gasteiger partial charge in [-0.05, 0) is 45.6 Å². The maximum atomic E-state index is 11.1. The standard InChI is InChI=1S/C24H33N3O/c1-22(2,3)15-10-11-18-19(13-15)26-27(25-18)20-14-16(23(4,5)6)12-17(21(20)28)24(7,8)9/h10-14,28H,1-9H3. The molecule has 4 heteroatoms. The Kier molecular flexibility index (Phi) is 4.61. The summed E-state index contributed by atoms with van der Waals surface area (Å²) < 4.78 is 0. The molecule has 1 heterocycles. The van der Waals surface area contributed by atoms with Crippen molar-refractivity contribution in [2.75, 3.05) is 0 Å². The van der Waals surface area contributed by atoms with Crippen molar-refractivity contribution in [3.05, 3.63) is 47.0 Å². The third-order valence-electron chi connectivity index (χ3n) is 5.23. The average Bonchev–Trinajstić information content (AvgIpc) is 2.94. The zero-order valence-electron chi connectivity index (χ0n) is 18.7. The topological polar surface area (TPSA) is 50.9 Å². The van der Waals surface area contributed by atoms with Crippen LogP contribution in [0.4, 0.5) is 0 Å². The lowest BCUT2D eigenvalue weighted by Crippen LogP contribution is -2.18. The van der Waals surface area contributed by atoms with Gasteiger partial charge in [0, 0.05) is 5.56 Å². The predicted octanol–water partition coefficient (Wildman–Crippen LogP) is 6.02.